The van der Waals surface area contributed by atoms with E-state index in [-0.39, 0.29) is 35.3 Å². The second kappa shape index (κ2) is 6.73. The molecule has 2 N–H and O–H groups in total. The predicted molar refractivity (Wildman–Crippen MR) is 80.3 cm³/mol. The molecule has 0 bridgehead atoms. The van der Waals surface area contributed by atoms with Crippen molar-refractivity contribution in [3.05, 3.63) is 35.4 Å². The molecular formula is C17H23F2NO2. The zero-order valence-electron chi connectivity index (χ0n) is 13.0. The van der Waals surface area contributed by atoms with Gasteiger partial charge in [0, 0.05) is 30.6 Å². The minimum Gasteiger partial charge on any atom is -0.396 e. The fraction of sp³-hybridized carbons (Fsp3) is 0.588. The number of rotatable bonds is 7. The van der Waals surface area contributed by atoms with Gasteiger partial charge in [-0.2, -0.15) is 0 Å². The summed E-state index contributed by atoms with van der Waals surface area (Å²) in [6, 6.07) is 3.78. The summed E-state index contributed by atoms with van der Waals surface area (Å²) in [5.41, 5.74) is -0.118. The number of amides is 1. The van der Waals surface area contributed by atoms with Crippen LogP contribution in [0.4, 0.5) is 8.78 Å². The Balaban J connectivity index is 1.79. The van der Waals surface area contributed by atoms with Crippen LogP contribution in [0, 0.1) is 23.0 Å². The van der Waals surface area contributed by atoms with Crippen molar-refractivity contribution in [2.24, 2.45) is 11.3 Å². The number of benzene rings is 1. The smallest absolute Gasteiger partial charge is 0.223 e. The highest BCUT2D eigenvalue weighted by Crippen LogP contribution is 2.49. The number of aliphatic hydroxyl groups excluding tert-OH is 1. The molecule has 1 aliphatic carbocycles. The van der Waals surface area contributed by atoms with Gasteiger partial charge in [0.15, 0.2) is 0 Å². The van der Waals surface area contributed by atoms with Crippen molar-refractivity contribution in [2.75, 3.05) is 13.2 Å². The molecule has 0 saturated heterocycles. The van der Waals surface area contributed by atoms with Crippen LogP contribution in [0.25, 0.3) is 0 Å². The highest BCUT2D eigenvalue weighted by atomic mass is 19.1. The van der Waals surface area contributed by atoms with Crippen molar-refractivity contribution in [2.45, 2.75) is 39.0 Å². The lowest BCUT2D eigenvalue weighted by atomic mass is 9.89. The second-order valence-electron chi connectivity index (χ2n) is 6.80. The number of nitrogens with one attached hydrogen (secondary N) is 1. The summed E-state index contributed by atoms with van der Waals surface area (Å²) in [6.45, 7) is 4.56. The van der Waals surface area contributed by atoms with Gasteiger partial charge in [-0.05, 0) is 36.8 Å². The molecule has 0 aliphatic heterocycles. The van der Waals surface area contributed by atoms with Gasteiger partial charge in [-0.3, -0.25) is 4.79 Å². The van der Waals surface area contributed by atoms with Crippen LogP contribution in [-0.4, -0.2) is 24.2 Å². The van der Waals surface area contributed by atoms with Crippen molar-refractivity contribution in [3.63, 3.8) is 0 Å². The molecule has 122 valence electrons. The minimum absolute atomic E-state index is 0.0315. The van der Waals surface area contributed by atoms with Crippen molar-refractivity contribution < 1.29 is 18.7 Å². The van der Waals surface area contributed by atoms with Gasteiger partial charge in [-0.15, -0.1) is 0 Å². The van der Waals surface area contributed by atoms with Gasteiger partial charge >= 0.3 is 0 Å². The van der Waals surface area contributed by atoms with E-state index in [1.807, 2.05) is 13.8 Å². The molecule has 1 saturated carbocycles. The molecule has 2 atom stereocenters. The molecule has 2 rings (SSSR count). The summed E-state index contributed by atoms with van der Waals surface area (Å²) >= 11 is 0. The average molecular weight is 311 g/mol. The average Bonchev–Trinajstić information content (AvgIpc) is 3.23. The van der Waals surface area contributed by atoms with Gasteiger partial charge in [0.05, 0.1) is 0 Å². The van der Waals surface area contributed by atoms with Crippen LogP contribution >= 0.6 is 0 Å². The number of halogens is 2. The maximum Gasteiger partial charge on any atom is 0.223 e. The Morgan fingerprint density at radius 2 is 2.00 bits per heavy atom. The summed E-state index contributed by atoms with van der Waals surface area (Å²) < 4.78 is 27.3. The van der Waals surface area contributed by atoms with Gasteiger partial charge in [0.2, 0.25) is 5.91 Å². The molecule has 0 aromatic heterocycles. The zero-order valence-corrected chi connectivity index (χ0v) is 13.0. The van der Waals surface area contributed by atoms with Crippen LogP contribution in [0.2, 0.25) is 0 Å². The Morgan fingerprint density at radius 1 is 1.36 bits per heavy atom. The number of hydrogen-bond acceptors (Lipinski definition) is 2. The molecule has 3 nitrogen and oxygen atoms in total. The maximum absolute atomic E-state index is 13.7. The maximum atomic E-state index is 13.7. The Kier molecular flexibility index (Phi) is 5.16. The first-order valence-electron chi connectivity index (χ1n) is 7.68. The largest absolute Gasteiger partial charge is 0.396 e. The fourth-order valence-corrected chi connectivity index (χ4v) is 2.66. The number of hydrogen-bond donors (Lipinski definition) is 2. The van der Waals surface area contributed by atoms with Crippen molar-refractivity contribution in [3.8, 4) is 0 Å². The molecule has 0 heterocycles. The number of carbonyl (C=O) groups is 1. The first-order chi connectivity index (χ1) is 10.4. The molecule has 0 radical (unpaired) electrons. The Labute approximate surface area is 129 Å². The molecule has 22 heavy (non-hydrogen) atoms. The van der Waals surface area contributed by atoms with Crippen LogP contribution in [-0.2, 0) is 4.79 Å². The Hall–Kier alpha value is -1.49. The third kappa shape index (κ3) is 4.03. The van der Waals surface area contributed by atoms with Crippen molar-refractivity contribution in [1.82, 2.24) is 5.32 Å². The predicted octanol–water partition coefficient (Wildman–Crippen LogP) is 2.98. The lowest BCUT2D eigenvalue weighted by molar-refractivity contribution is -0.122. The van der Waals surface area contributed by atoms with E-state index < -0.39 is 11.6 Å². The lowest BCUT2D eigenvalue weighted by Gasteiger charge is -2.21. The monoisotopic (exact) mass is 311 g/mol. The Bertz CT molecular complexity index is 525. The van der Waals surface area contributed by atoms with Crippen LogP contribution in [0.3, 0.4) is 0 Å². The molecule has 1 amide bonds. The molecule has 1 aliphatic rings. The van der Waals surface area contributed by atoms with Crippen molar-refractivity contribution in [1.29, 1.82) is 0 Å². The highest BCUT2D eigenvalue weighted by molar-refractivity contribution is 5.82. The van der Waals surface area contributed by atoms with Gasteiger partial charge in [0.25, 0.3) is 0 Å². The van der Waals surface area contributed by atoms with Crippen LogP contribution < -0.4 is 5.32 Å². The third-order valence-electron chi connectivity index (χ3n) is 4.26. The van der Waals surface area contributed by atoms with Crippen molar-refractivity contribution >= 4 is 5.91 Å². The van der Waals surface area contributed by atoms with Gasteiger partial charge < -0.3 is 10.4 Å². The summed E-state index contributed by atoms with van der Waals surface area (Å²) in [6.07, 6.45) is 2.07. The number of carbonyl (C=O) groups excluding carboxylic acids is 1. The quantitative estimate of drug-likeness (QED) is 0.761. The minimum atomic E-state index is -0.579. The van der Waals surface area contributed by atoms with Gasteiger partial charge in [0.1, 0.15) is 11.6 Å². The summed E-state index contributed by atoms with van der Waals surface area (Å²) in [4.78, 5) is 12.0. The Morgan fingerprint density at radius 3 is 2.59 bits per heavy atom. The lowest BCUT2D eigenvalue weighted by Crippen LogP contribution is -2.28. The van der Waals surface area contributed by atoms with Crippen LogP contribution in [0.15, 0.2) is 18.2 Å². The van der Waals surface area contributed by atoms with E-state index in [2.05, 4.69) is 5.32 Å². The molecule has 1 aromatic carbocycles. The molecule has 5 heteroatoms. The van der Waals surface area contributed by atoms with E-state index in [1.54, 1.807) is 0 Å². The normalized spacial score (nSPS) is 20.8. The van der Waals surface area contributed by atoms with E-state index in [4.69, 9.17) is 5.11 Å². The van der Waals surface area contributed by atoms with Gasteiger partial charge in [-0.1, -0.05) is 19.9 Å². The first-order valence-corrected chi connectivity index (χ1v) is 7.68. The van der Waals surface area contributed by atoms with Crippen LogP contribution in [0.1, 0.15) is 44.6 Å². The van der Waals surface area contributed by atoms with E-state index in [9.17, 15) is 13.6 Å². The van der Waals surface area contributed by atoms with Crippen LogP contribution in [0.5, 0.6) is 0 Å². The molecule has 2 unspecified atom stereocenters. The fourth-order valence-electron chi connectivity index (χ4n) is 2.66. The molecular weight excluding hydrogens is 288 g/mol. The van der Waals surface area contributed by atoms with E-state index >= 15 is 0 Å². The van der Waals surface area contributed by atoms with Gasteiger partial charge in [-0.25, -0.2) is 8.78 Å². The van der Waals surface area contributed by atoms with E-state index in [1.165, 1.54) is 18.2 Å². The summed E-state index contributed by atoms with van der Waals surface area (Å²) in [5.74, 6) is -1.99. The standard InChI is InChI=1S/C17H23F2NO2/c1-17(2,10-21)7-4-8-20-16(22)12-9-11(12)15-13(18)5-3-6-14(15)19/h3,5-6,11-12,21H,4,7-10H2,1-2H3,(H,20,22). The first kappa shape index (κ1) is 16.9. The highest BCUT2D eigenvalue weighted by Gasteiger charge is 2.46. The summed E-state index contributed by atoms with van der Waals surface area (Å²) in [5, 5.41) is 12.0. The SMILES string of the molecule is CC(C)(CO)CCCNC(=O)C1CC1c1c(F)cccc1F. The molecule has 1 fully saturated rings. The van der Waals surface area contributed by atoms with E-state index in [0.717, 1.165) is 12.8 Å². The topological polar surface area (TPSA) is 49.3 Å². The number of aliphatic hydroxyl groups is 1. The third-order valence-corrected chi connectivity index (χ3v) is 4.26. The van der Waals surface area contributed by atoms with E-state index in [0.29, 0.717) is 13.0 Å². The second-order valence-corrected chi connectivity index (χ2v) is 6.80. The molecule has 0 spiro atoms. The molecule has 1 aromatic rings. The summed E-state index contributed by atoms with van der Waals surface area (Å²) in [7, 11) is 0. The zero-order chi connectivity index (χ0) is 16.3.